The summed E-state index contributed by atoms with van der Waals surface area (Å²) in [5.41, 5.74) is 2.74. The molecule has 0 unspecified atom stereocenters. The molecule has 9 nitrogen and oxygen atoms in total. The fourth-order valence-electron chi connectivity index (χ4n) is 4.31. The molecular weight excluding hydrogens is 518 g/mol. The van der Waals surface area contributed by atoms with Gasteiger partial charge in [0.05, 0.1) is 37.1 Å². The van der Waals surface area contributed by atoms with Crippen molar-refractivity contribution in [2.75, 3.05) is 24.1 Å². The number of nitrogens with one attached hydrogen (secondary N) is 3. The van der Waals surface area contributed by atoms with Gasteiger partial charge in [0.25, 0.3) is 0 Å². The summed E-state index contributed by atoms with van der Waals surface area (Å²) in [6.07, 6.45) is 0.838. The first kappa shape index (κ1) is 30.1. The summed E-state index contributed by atoms with van der Waals surface area (Å²) in [6, 6.07) is 20.9. The summed E-state index contributed by atoms with van der Waals surface area (Å²) in [4.78, 5) is 12.7. The van der Waals surface area contributed by atoms with Gasteiger partial charge in [-0.3, -0.25) is 9.52 Å². The SMILES string of the molecule is CC(C)(Cc1cccc(CC(=O)N[C@@H](CO)c2ccccc2)c1)NC[C@H](O)c1ccc(O)c(NS(C)(=O)=O)c1. The second kappa shape index (κ2) is 13.1. The second-order valence-corrected chi connectivity index (χ2v) is 12.1. The van der Waals surface area contributed by atoms with Crippen LogP contribution >= 0.6 is 0 Å². The molecule has 6 N–H and O–H groups in total. The number of anilines is 1. The molecule has 0 bridgehead atoms. The lowest BCUT2D eigenvalue weighted by molar-refractivity contribution is -0.121. The minimum absolute atomic E-state index is 0.00300. The van der Waals surface area contributed by atoms with Crippen LogP contribution < -0.4 is 15.4 Å². The van der Waals surface area contributed by atoms with E-state index in [1.165, 1.54) is 18.2 Å². The lowest BCUT2D eigenvalue weighted by Gasteiger charge is -2.28. The Labute approximate surface area is 230 Å². The highest BCUT2D eigenvalue weighted by atomic mass is 32.2. The maximum atomic E-state index is 12.7. The first-order valence-electron chi connectivity index (χ1n) is 12.6. The number of carbonyl (C=O) groups excluding carboxylic acids is 1. The van der Waals surface area contributed by atoms with Crippen molar-refractivity contribution < 1.29 is 28.5 Å². The molecule has 1 amide bonds. The van der Waals surface area contributed by atoms with E-state index in [9.17, 15) is 28.5 Å². The van der Waals surface area contributed by atoms with Gasteiger partial charge in [-0.2, -0.15) is 0 Å². The number of amides is 1. The lowest BCUT2D eigenvalue weighted by atomic mass is 9.93. The molecule has 0 saturated carbocycles. The molecule has 39 heavy (non-hydrogen) atoms. The zero-order chi connectivity index (χ0) is 28.6. The Bertz CT molecular complexity index is 1360. The molecule has 3 aromatic rings. The monoisotopic (exact) mass is 555 g/mol. The molecule has 0 spiro atoms. The van der Waals surface area contributed by atoms with Crippen molar-refractivity contribution in [3.05, 3.63) is 95.1 Å². The van der Waals surface area contributed by atoms with Crippen LogP contribution in [-0.2, 0) is 27.7 Å². The van der Waals surface area contributed by atoms with E-state index in [0.29, 0.717) is 12.0 Å². The summed E-state index contributed by atoms with van der Waals surface area (Å²) in [5.74, 6) is -0.417. The van der Waals surface area contributed by atoms with Gasteiger partial charge in [-0.1, -0.05) is 60.7 Å². The molecule has 0 aliphatic carbocycles. The standard InChI is InChI=1S/C29H37N3O6S/c1-29(2,30-18-27(35)23-12-13-26(34)24(16-23)32-39(3,37)38)17-21-9-7-8-20(14-21)15-28(36)31-25(19-33)22-10-5-4-6-11-22/h4-14,16,25,27,30,32-35H,15,17-19H2,1-3H3,(H,31,36)/t25-,27-/m0/s1. The number of carbonyl (C=O) groups is 1. The molecule has 0 aromatic heterocycles. The number of hydrogen-bond acceptors (Lipinski definition) is 7. The normalized spacial score (nSPS) is 13.5. The number of rotatable bonds is 13. The molecule has 0 radical (unpaired) electrons. The summed E-state index contributed by atoms with van der Waals surface area (Å²) in [6.45, 7) is 4.00. The van der Waals surface area contributed by atoms with Crippen LogP contribution in [0.3, 0.4) is 0 Å². The molecule has 0 aliphatic heterocycles. The van der Waals surface area contributed by atoms with Crippen LogP contribution in [0.4, 0.5) is 5.69 Å². The molecule has 10 heteroatoms. The Morgan fingerprint density at radius 3 is 2.31 bits per heavy atom. The van der Waals surface area contributed by atoms with E-state index >= 15 is 0 Å². The zero-order valence-corrected chi connectivity index (χ0v) is 23.2. The predicted octanol–water partition coefficient (Wildman–Crippen LogP) is 2.80. The average molecular weight is 556 g/mol. The van der Waals surface area contributed by atoms with Crippen LogP contribution in [0.1, 0.15) is 48.2 Å². The summed E-state index contributed by atoms with van der Waals surface area (Å²) in [7, 11) is -3.59. The molecule has 0 aliphatic rings. The van der Waals surface area contributed by atoms with Gasteiger partial charge < -0.3 is 26.0 Å². The van der Waals surface area contributed by atoms with E-state index in [-0.39, 0.29) is 36.9 Å². The molecule has 0 heterocycles. The fourth-order valence-corrected chi connectivity index (χ4v) is 4.87. The molecule has 3 rings (SSSR count). The van der Waals surface area contributed by atoms with E-state index in [1.54, 1.807) is 0 Å². The lowest BCUT2D eigenvalue weighted by Crippen LogP contribution is -2.43. The third-order valence-corrected chi connectivity index (χ3v) is 6.79. The summed E-state index contributed by atoms with van der Waals surface area (Å²) in [5, 5.41) is 36.6. The van der Waals surface area contributed by atoms with Gasteiger partial charge >= 0.3 is 0 Å². The van der Waals surface area contributed by atoms with E-state index in [1.807, 2.05) is 68.4 Å². The Morgan fingerprint density at radius 1 is 0.949 bits per heavy atom. The summed E-state index contributed by atoms with van der Waals surface area (Å²) < 4.78 is 25.3. The van der Waals surface area contributed by atoms with Gasteiger partial charge in [-0.05, 0) is 54.7 Å². The minimum atomic E-state index is -3.59. The quantitative estimate of drug-likeness (QED) is 0.178. The first-order chi connectivity index (χ1) is 18.3. The Morgan fingerprint density at radius 2 is 1.64 bits per heavy atom. The number of phenolic OH excluding ortho intramolecular Hbond substituents is 1. The maximum absolute atomic E-state index is 12.7. The number of aliphatic hydroxyl groups is 2. The maximum Gasteiger partial charge on any atom is 0.229 e. The highest BCUT2D eigenvalue weighted by molar-refractivity contribution is 7.92. The second-order valence-electron chi connectivity index (χ2n) is 10.3. The van der Waals surface area contributed by atoms with E-state index in [2.05, 4.69) is 15.4 Å². The molecular formula is C29H37N3O6S. The van der Waals surface area contributed by atoms with Crippen LogP contribution in [0.25, 0.3) is 0 Å². The number of aliphatic hydroxyl groups excluding tert-OH is 2. The number of benzene rings is 3. The van der Waals surface area contributed by atoms with E-state index in [4.69, 9.17) is 0 Å². The number of β-amino-alcohol motifs (C(OH)–C–C–N with tert-alkyl or cyclic N) is 1. The van der Waals surface area contributed by atoms with Gasteiger partial charge in [0.15, 0.2) is 0 Å². The largest absolute Gasteiger partial charge is 0.506 e. The molecule has 2 atom stereocenters. The van der Waals surface area contributed by atoms with Crippen molar-refractivity contribution in [3.63, 3.8) is 0 Å². The first-order valence-corrected chi connectivity index (χ1v) is 14.5. The molecule has 0 saturated heterocycles. The van der Waals surface area contributed by atoms with Crippen molar-refractivity contribution in [2.24, 2.45) is 0 Å². The molecule has 0 fully saturated rings. The smallest absolute Gasteiger partial charge is 0.229 e. The Hall–Kier alpha value is -3.44. The fraction of sp³-hybridized carbons (Fsp3) is 0.345. The highest BCUT2D eigenvalue weighted by Crippen LogP contribution is 2.28. The molecule has 210 valence electrons. The predicted molar refractivity (Wildman–Crippen MR) is 152 cm³/mol. The van der Waals surface area contributed by atoms with Crippen LogP contribution in [0.2, 0.25) is 0 Å². The third kappa shape index (κ3) is 9.67. The highest BCUT2D eigenvalue weighted by Gasteiger charge is 2.21. The van der Waals surface area contributed by atoms with Crippen LogP contribution in [0, 0.1) is 0 Å². The Balaban J connectivity index is 1.58. The van der Waals surface area contributed by atoms with Gasteiger partial charge in [0.2, 0.25) is 15.9 Å². The van der Waals surface area contributed by atoms with Crippen molar-refractivity contribution in [2.45, 2.75) is 44.4 Å². The van der Waals surface area contributed by atoms with Crippen molar-refractivity contribution >= 4 is 21.6 Å². The van der Waals surface area contributed by atoms with E-state index < -0.39 is 27.7 Å². The van der Waals surface area contributed by atoms with Gasteiger partial charge in [-0.15, -0.1) is 0 Å². The Kier molecular flexibility index (Phi) is 10.1. The van der Waals surface area contributed by atoms with Gasteiger partial charge in [0.1, 0.15) is 5.75 Å². The van der Waals surface area contributed by atoms with Crippen molar-refractivity contribution in [1.29, 1.82) is 0 Å². The van der Waals surface area contributed by atoms with Crippen LogP contribution in [0.5, 0.6) is 5.75 Å². The third-order valence-electron chi connectivity index (χ3n) is 6.20. The topological polar surface area (TPSA) is 148 Å². The average Bonchev–Trinajstić information content (AvgIpc) is 2.87. The van der Waals surface area contributed by atoms with Crippen LogP contribution in [-0.4, -0.2) is 54.6 Å². The number of aromatic hydroxyl groups is 1. The van der Waals surface area contributed by atoms with Crippen molar-refractivity contribution in [1.82, 2.24) is 10.6 Å². The number of sulfonamides is 1. The van der Waals surface area contributed by atoms with Crippen LogP contribution in [0.15, 0.2) is 72.8 Å². The number of hydrogen-bond donors (Lipinski definition) is 6. The zero-order valence-electron chi connectivity index (χ0n) is 22.4. The van der Waals surface area contributed by atoms with Gasteiger partial charge in [-0.25, -0.2) is 8.42 Å². The minimum Gasteiger partial charge on any atom is -0.506 e. The van der Waals surface area contributed by atoms with Crippen molar-refractivity contribution in [3.8, 4) is 5.75 Å². The van der Waals surface area contributed by atoms with Gasteiger partial charge in [0, 0.05) is 12.1 Å². The molecule has 3 aromatic carbocycles. The number of phenols is 1. The summed E-state index contributed by atoms with van der Waals surface area (Å²) >= 11 is 0. The van der Waals surface area contributed by atoms with E-state index in [0.717, 1.165) is 22.9 Å².